The maximum atomic E-state index is 6.43. The first-order chi connectivity index (χ1) is 26.2. The molecule has 0 bridgehead atoms. The first kappa shape index (κ1) is 29.0. The van der Waals surface area contributed by atoms with E-state index in [9.17, 15) is 0 Å². The van der Waals surface area contributed by atoms with Crippen LogP contribution in [0.2, 0.25) is 0 Å². The van der Waals surface area contributed by atoms with Crippen LogP contribution in [0.15, 0.2) is 184 Å². The highest BCUT2D eigenvalue weighted by molar-refractivity contribution is 8.00. The van der Waals surface area contributed by atoms with Gasteiger partial charge in [0.15, 0.2) is 0 Å². The number of pyridine rings is 1. The first-order valence-corrected chi connectivity index (χ1v) is 18.8. The molecule has 3 aromatic heterocycles. The van der Waals surface area contributed by atoms with Gasteiger partial charge in [-0.2, -0.15) is 0 Å². The number of rotatable bonds is 3. The van der Waals surface area contributed by atoms with Gasteiger partial charge in [0.25, 0.3) is 0 Å². The van der Waals surface area contributed by atoms with Crippen molar-refractivity contribution in [3.05, 3.63) is 170 Å². The summed E-state index contributed by atoms with van der Waals surface area (Å²) in [5, 5.41) is 8.43. The molecule has 0 unspecified atom stereocenters. The normalized spacial score (nSPS) is 12.5. The van der Waals surface area contributed by atoms with Crippen LogP contribution in [0.1, 0.15) is 0 Å². The van der Waals surface area contributed by atoms with Crippen LogP contribution in [-0.2, 0) is 0 Å². The third kappa shape index (κ3) is 4.27. The van der Waals surface area contributed by atoms with E-state index in [0.717, 1.165) is 44.1 Å². The molecule has 4 heterocycles. The SMILES string of the molecule is c1ccc(-c2cc(-c3ccc4oc5ccc(-c6cc7c8c(c6)c6ccccc6n8-c6ccc8ccccc8c6S7)cc5c4c3)nc3ccccc23)cc1. The van der Waals surface area contributed by atoms with Crippen LogP contribution >= 0.6 is 11.8 Å². The molecule has 1 aliphatic rings. The third-order valence-corrected chi connectivity index (χ3v) is 12.1. The Morgan fingerprint density at radius 1 is 0.472 bits per heavy atom. The Balaban J connectivity index is 1.04. The van der Waals surface area contributed by atoms with Crippen molar-refractivity contribution >= 4 is 77.2 Å². The summed E-state index contributed by atoms with van der Waals surface area (Å²) >= 11 is 1.89. The molecule has 0 amide bonds. The van der Waals surface area contributed by atoms with Gasteiger partial charge in [-0.25, -0.2) is 4.98 Å². The van der Waals surface area contributed by atoms with Crippen LogP contribution in [0.3, 0.4) is 0 Å². The van der Waals surface area contributed by atoms with Crippen LogP contribution < -0.4 is 0 Å². The largest absolute Gasteiger partial charge is 0.456 e. The lowest BCUT2D eigenvalue weighted by Gasteiger charge is -2.22. The van der Waals surface area contributed by atoms with Crippen LogP contribution in [0.5, 0.6) is 0 Å². The van der Waals surface area contributed by atoms with Crippen LogP contribution in [0, 0.1) is 0 Å². The molecular weight excluding hydrogens is 665 g/mol. The topological polar surface area (TPSA) is 31.0 Å². The molecule has 11 aromatic rings. The van der Waals surface area contributed by atoms with Crippen molar-refractivity contribution in [1.82, 2.24) is 9.55 Å². The Kier molecular flexibility index (Phi) is 5.99. The maximum absolute atomic E-state index is 6.43. The number of hydrogen-bond acceptors (Lipinski definition) is 3. The zero-order valence-corrected chi connectivity index (χ0v) is 29.2. The standard InChI is InChI=1S/C49H28N2OS/c1-2-10-29(11-3-1)37-28-42(50-41-16-8-6-14-35(37)41)32-20-23-46-39(25-32)38-24-31(19-22-45(38)52-46)33-26-40-36-15-7-9-17-43(36)51-44-21-18-30-12-4-5-13-34(30)49(44)53-47(27-33)48(40)51/h1-28H. The van der Waals surface area contributed by atoms with E-state index in [2.05, 4.69) is 174 Å². The van der Waals surface area contributed by atoms with Crippen molar-refractivity contribution in [3.63, 3.8) is 0 Å². The average molecular weight is 693 g/mol. The van der Waals surface area contributed by atoms with Gasteiger partial charge in [0.1, 0.15) is 11.2 Å². The maximum Gasteiger partial charge on any atom is 0.135 e. The fourth-order valence-electron chi connectivity index (χ4n) is 8.48. The van der Waals surface area contributed by atoms with Gasteiger partial charge < -0.3 is 8.98 Å². The smallest absolute Gasteiger partial charge is 0.135 e. The van der Waals surface area contributed by atoms with Crippen molar-refractivity contribution in [2.24, 2.45) is 0 Å². The molecule has 12 rings (SSSR count). The molecule has 53 heavy (non-hydrogen) atoms. The third-order valence-electron chi connectivity index (χ3n) is 10.9. The highest BCUT2D eigenvalue weighted by Crippen LogP contribution is 2.50. The number of nitrogens with zero attached hydrogens (tertiary/aromatic N) is 2. The zero-order valence-electron chi connectivity index (χ0n) is 28.4. The molecule has 1 aliphatic heterocycles. The summed E-state index contributed by atoms with van der Waals surface area (Å²) in [4.78, 5) is 7.72. The molecule has 0 aliphatic carbocycles. The van der Waals surface area contributed by atoms with Crippen LogP contribution in [-0.4, -0.2) is 9.55 Å². The van der Waals surface area contributed by atoms with Gasteiger partial charge in [-0.3, -0.25) is 0 Å². The van der Waals surface area contributed by atoms with E-state index in [-0.39, 0.29) is 0 Å². The minimum Gasteiger partial charge on any atom is -0.456 e. The van der Waals surface area contributed by atoms with Gasteiger partial charge in [-0.1, -0.05) is 115 Å². The second kappa shape index (κ2) is 10.9. The lowest BCUT2D eigenvalue weighted by molar-refractivity contribution is 0.669. The summed E-state index contributed by atoms with van der Waals surface area (Å²) in [5.74, 6) is 0. The Morgan fingerprint density at radius 3 is 2.04 bits per heavy atom. The predicted molar refractivity (Wildman–Crippen MR) is 221 cm³/mol. The molecule has 246 valence electrons. The molecule has 0 radical (unpaired) electrons. The predicted octanol–water partition coefficient (Wildman–Crippen LogP) is 13.9. The summed E-state index contributed by atoms with van der Waals surface area (Å²) in [7, 11) is 0. The van der Waals surface area contributed by atoms with E-state index in [1.807, 2.05) is 11.8 Å². The summed E-state index contributed by atoms with van der Waals surface area (Å²) in [6, 6.07) is 61.2. The summed E-state index contributed by atoms with van der Waals surface area (Å²) in [6.45, 7) is 0. The van der Waals surface area contributed by atoms with E-state index in [4.69, 9.17) is 9.40 Å². The molecule has 4 heteroatoms. The molecule has 0 saturated heterocycles. The quantitative estimate of drug-likeness (QED) is 0.185. The Bertz CT molecular complexity index is 3320. The number of hydrogen-bond donors (Lipinski definition) is 0. The van der Waals surface area contributed by atoms with Gasteiger partial charge in [-0.15, -0.1) is 0 Å². The lowest BCUT2D eigenvalue weighted by atomic mass is 9.97. The molecule has 0 N–H and O–H groups in total. The number of aromatic nitrogens is 2. The highest BCUT2D eigenvalue weighted by Gasteiger charge is 2.25. The second-order valence-corrected chi connectivity index (χ2v) is 15.0. The summed E-state index contributed by atoms with van der Waals surface area (Å²) in [6.07, 6.45) is 0. The zero-order chi connectivity index (χ0) is 34.6. The number of furan rings is 1. The number of benzene rings is 8. The van der Waals surface area contributed by atoms with Gasteiger partial charge in [0, 0.05) is 42.3 Å². The summed E-state index contributed by atoms with van der Waals surface area (Å²) < 4.78 is 8.91. The molecule has 3 nitrogen and oxygen atoms in total. The Morgan fingerprint density at radius 2 is 1.17 bits per heavy atom. The van der Waals surface area contributed by atoms with E-state index in [0.29, 0.717) is 0 Å². The Labute approximate surface area is 308 Å². The molecule has 8 aromatic carbocycles. The molecule has 0 saturated carbocycles. The lowest BCUT2D eigenvalue weighted by Crippen LogP contribution is -2.02. The van der Waals surface area contributed by atoms with E-state index in [1.165, 1.54) is 70.3 Å². The summed E-state index contributed by atoms with van der Waals surface area (Å²) in [5.41, 5.74) is 13.2. The van der Waals surface area contributed by atoms with Crippen LogP contribution in [0.4, 0.5) is 0 Å². The van der Waals surface area contributed by atoms with Crippen molar-refractivity contribution < 1.29 is 4.42 Å². The van der Waals surface area contributed by atoms with Crippen molar-refractivity contribution in [2.75, 3.05) is 0 Å². The molecule has 0 spiro atoms. The molecule has 0 fully saturated rings. The van der Waals surface area contributed by atoms with Gasteiger partial charge >= 0.3 is 0 Å². The van der Waals surface area contributed by atoms with Crippen LogP contribution in [0.25, 0.3) is 105 Å². The van der Waals surface area contributed by atoms with Gasteiger partial charge in [0.05, 0.1) is 27.9 Å². The minimum absolute atomic E-state index is 0.873. The fraction of sp³-hybridized carbons (Fsp3) is 0. The van der Waals surface area contributed by atoms with E-state index >= 15 is 0 Å². The van der Waals surface area contributed by atoms with Crippen molar-refractivity contribution in [1.29, 1.82) is 0 Å². The van der Waals surface area contributed by atoms with E-state index in [1.54, 1.807) is 0 Å². The number of fused-ring (bicyclic) bond motifs is 11. The van der Waals surface area contributed by atoms with E-state index < -0.39 is 0 Å². The average Bonchev–Trinajstić information content (AvgIpc) is 3.76. The van der Waals surface area contributed by atoms with Crippen molar-refractivity contribution in [3.8, 4) is 39.2 Å². The highest BCUT2D eigenvalue weighted by atomic mass is 32.2. The van der Waals surface area contributed by atoms with Gasteiger partial charge in [0.2, 0.25) is 0 Å². The second-order valence-electron chi connectivity index (χ2n) is 13.9. The monoisotopic (exact) mass is 692 g/mol. The Hall–Kier alpha value is -6.62. The van der Waals surface area contributed by atoms with Crippen molar-refractivity contribution in [2.45, 2.75) is 9.79 Å². The minimum atomic E-state index is 0.873. The number of para-hydroxylation sites is 2. The molecular formula is C49H28N2OS. The van der Waals surface area contributed by atoms with Gasteiger partial charge in [-0.05, 0) is 99.8 Å². The fourth-order valence-corrected chi connectivity index (χ4v) is 9.74. The first-order valence-electron chi connectivity index (χ1n) is 17.9. The molecule has 0 atom stereocenters.